The van der Waals surface area contributed by atoms with E-state index in [9.17, 15) is 5.11 Å². The van der Waals surface area contributed by atoms with Gasteiger partial charge in [-0.1, -0.05) is 26.7 Å². The number of nitrogens with two attached hydrogens (primary N) is 1. The summed E-state index contributed by atoms with van der Waals surface area (Å²) in [6.45, 7) is 6.07. The Kier molecular flexibility index (Phi) is 14.0. The fourth-order valence-corrected chi connectivity index (χ4v) is 1.04. The average Bonchev–Trinajstić information content (AvgIpc) is 2.06. The van der Waals surface area contributed by atoms with Crippen LogP contribution in [0.3, 0.4) is 0 Å². The van der Waals surface area contributed by atoms with Crippen LogP contribution in [0.1, 0.15) is 46.5 Å². The van der Waals surface area contributed by atoms with E-state index in [0.717, 1.165) is 25.7 Å². The molecule has 82 valence electrons. The van der Waals surface area contributed by atoms with Crippen molar-refractivity contribution in [2.24, 2.45) is 5.73 Å². The maximum atomic E-state index is 9.32. The molecule has 0 amide bonds. The SMILES string of the molecule is CCCC(N)C(O)CCC.CCO. The Bertz CT molecular complexity index is 79.0. The molecule has 0 aliphatic rings. The summed E-state index contributed by atoms with van der Waals surface area (Å²) in [6, 6.07) is -0.00931. The summed E-state index contributed by atoms with van der Waals surface area (Å²) in [5.74, 6) is 0. The number of hydrogen-bond acceptors (Lipinski definition) is 3. The molecule has 0 aliphatic carbocycles. The van der Waals surface area contributed by atoms with Crippen molar-refractivity contribution < 1.29 is 10.2 Å². The van der Waals surface area contributed by atoms with Crippen LogP contribution in [0.25, 0.3) is 0 Å². The average molecular weight is 191 g/mol. The highest BCUT2D eigenvalue weighted by atomic mass is 16.3. The van der Waals surface area contributed by atoms with E-state index in [0.29, 0.717) is 0 Å². The zero-order valence-corrected chi connectivity index (χ0v) is 9.16. The van der Waals surface area contributed by atoms with Gasteiger partial charge in [0.2, 0.25) is 0 Å². The standard InChI is InChI=1S/C8H19NO.C2H6O/c1-3-5-7(9)8(10)6-4-2;1-2-3/h7-8,10H,3-6,9H2,1-2H3;3H,2H2,1H3. The maximum absolute atomic E-state index is 9.32. The van der Waals surface area contributed by atoms with Gasteiger partial charge in [-0.05, 0) is 19.8 Å². The topological polar surface area (TPSA) is 66.5 Å². The second-order valence-corrected chi connectivity index (χ2v) is 3.12. The van der Waals surface area contributed by atoms with E-state index in [-0.39, 0.29) is 18.8 Å². The van der Waals surface area contributed by atoms with Gasteiger partial charge in [-0.15, -0.1) is 0 Å². The van der Waals surface area contributed by atoms with Crippen LogP contribution in [0.4, 0.5) is 0 Å². The quantitative estimate of drug-likeness (QED) is 0.613. The third-order valence-corrected chi connectivity index (χ3v) is 1.70. The first-order valence-corrected chi connectivity index (χ1v) is 5.18. The molecule has 4 N–H and O–H groups in total. The molecule has 0 bridgehead atoms. The van der Waals surface area contributed by atoms with Crippen molar-refractivity contribution in [3.8, 4) is 0 Å². The zero-order valence-electron chi connectivity index (χ0n) is 9.16. The van der Waals surface area contributed by atoms with E-state index in [1.54, 1.807) is 6.92 Å². The van der Waals surface area contributed by atoms with Gasteiger partial charge in [0.05, 0.1) is 6.10 Å². The van der Waals surface area contributed by atoms with Crippen LogP contribution >= 0.6 is 0 Å². The smallest absolute Gasteiger partial charge is 0.0691 e. The lowest BCUT2D eigenvalue weighted by Crippen LogP contribution is -2.34. The van der Waals surface area contributed by atoms with Gasteiger partial charge >= 0.3 is 0 Å². The molecule has 2 atom stereocenters. The fraction of sp³-hybridized carbons (Fsp3) is 1.00. The molecule has 0 heterocycles. The molecule has 3 heteroatoms. The first kappa shape index (κ1) is 15.4. The highest BCUT2D eigenvalue weighted by molar-refractivity contribution is 4.69. The Morgan fingerprint density at radius 2 is 1.46 bits per heavy atom. The lowest BCUT2D eigenvalue weighted by molar-refractivity contribution is 0.130. The van der Waals surface area contributed by atoms with Crippen LogP contribution in [-0.2, 0) is 0 Å². The van der Waals surface area contributed by atoms with Crippen molar-refractivity contribution in [3.05, 3.63) is 0 Å². The van der Waals surface area contributed by atoms with Crippen LogP contribution in [0.2, 0.25) is 0 Å². The van der Waals surface area contributed by atoms with Crippen LogP contribution in [0, 0.1) is 0 Å². The van der Waals surface area contributed by atoms with Gasteiger partial charge < -0.3 is 15.9 Å². The molecular weight excluding hydrogens is 166 g/mol. The summed E-state index contributed by atoms with van der Waals surface area (Å²) >= 11 is 0. The van der Waals surface area contributed by atoms with E-state index in [2.05, 4.69) is 13.8 Å². The van der Waals surface area contributed by atoms with Gasteiger partial charge in [-0.3, -0.25) is 0 Å². The molecule has 13 heavy (non-hydrogen) atoms. The Labute approximate surface area is 82.0 Å². The minimum absolute atomic E-state index is 0.00931. The number of rotatable bonds is 5. The monoisotopic (exact) mass is 191 g/mol. The van der Waals surface area contributed by atoms with Crippen molar-refractivity contribution in [2.45, 2.75) is 58.6 Å². The molecular formula is C10H25NO2. The van der Waals surface area contributed by atoms with Crippen molar-refractivity contribution in [1.82, 2.24) is 0 Å². The van der Waals surface area contributed by atoms with Gasteiger partial charge in [0.15, 0.2) is 0 Å². The summed E-state index contributed by atoms with van der Waals surface area (Å²) in [5.41, 5.74) is 5.66. The zero-order chi connectivity index (χ0) is 10.7. The summed E-state index contributed by atoms with van der Waals surface area (Å²) < 4.78 is 0. The largest absolute Gasteiger partial charge is 0.397 e. The van der Waals surface area contributed by atoms with Gasteiger partial charge in [-0.25, -0.2) is 0 Å². The van der Waals surface area contributed by atoms with E-state index in [4.69, 9.17) is 10.8 Å². The van der Waals surface area contributed by atoms with E-state index >= 15 is 0 Å². The van der Waals surface area contributed by atoms with E-state index in [1.165, 1.54) is 0 Å². The third-order valence-electron chi connectivity index (χ3n) is 1.70. The van der Waals surface area contributed by atoms with Gasteiger partial charge in [0.1, 0.15) is 0 Å². The molecule has 0 fully saturated rings. The molecule has 0 radical (unpaired) electrons. The second-order valence-electron chi connectivity index (χ2n) is 3.12. The van der Waals surface area contributed by atoms with E-state index in [1.807, 2.05) is 0 Å². The minimum atomic E-state index is -0.287. The van der Waals surface area contributed by atoms with Crippen LogP contribution in [0.15, 0.2) is 0 Å². The predicted octanol–water partition coefficient (Wildman–Crippen LogP) is 1.27. The molecule has 0 rings (SSSR count). The molecule has 0 aromatic heterocycles. The first-order chi connectivity index (χ1) is 6.13. The van der Waals surface area contributed by atoms with E-state index < -0.39 is 0 Å². The third kappa shape index (κ3) is 11.9. The summed E-state index contributed by atoms with van der Waals surface area (Å²) in [7, 11) is 0. The molecule has 0 spiro atoms. The number of aliphatic hydroxyl groups is 2. The Hall–Kier alpha value is -0.120. The fourth-order valence-electron chi connectivity index (χ4n) is 1.04. The van der Waals surface area contributed by atoms with Crippen molar-refractivity contribution in [1.29, 1.82) is 0 Å². The Morgan fingerprint density at radius 3 is 1.77 bits per heavy atom. The first-order valence-electron chi connectivity index (χ1n) is 5.18. The lowest BCUT2D eigenvalue weighted by atomic mass is 10.0. The van der Waals surface area contributed by atoms with Crippen LogP contribution in [0.5, 0.6) is 0 Å². The molecule has 0 aliphatic heterocycles. The normalized spacial score (nSPS) is 14.3. The Morgan fingerprint density at radius 1 is 1.08 bits per heavy atom. The van der Waals surface area contributed by atoms with Crippen molar-refractivity contribution in [2.75, 3.05) is 6.61 Å². The van der Waals surface area contributed by atoms with Crippen molar-refractivity contribution >= 4 is 0 Å². The predicted molar refractivity (Wildman–Crippen MR) is 56.6 cm³/mol. The van der Waals surface area contributed by atoms with Crippen LogP contribution in [-0.4, -0.2) is 29.0 Å². The van der Waals surface area contributed by atoms with Gasteiger partial charge in [-0.2, -0.15) is 0 Å². The molecule has 2 unspecified atom stereocenters. The molecule has 0 aromatic carbocycles. The molecule has 3 nitrogen and oxygen atoms in total. The van der Waals surface area contributed by atoms with Crippen molar-refractivity contribution in [3.63, 3.8) is 0 Å². The molecule has 0 aromatic rings. The molecule has 0 saturated heterocycles. The highest BCUT2D eigenvalue weighted by Gasteiger charge is 2.11. The maximum Gasteiger partial charge on any atom is 0.0691 e. The number of hydrogen-bond donors (Lipinski definition) is 3. The minimum Gasteiger partial charge on any atom is -0.397 e. The highest BCUT2D eigenvalue weighted by Crippen LogP contribution is 2.04. The summed E-state index contributed by atoms with van der Waals surface area (Å²) in [4.78, 5) is 0. The van der Waals surface area contributed by atoms with Gasteiger partial charge in [0, 0.05) is 12.6 Å². The summed E-state index contributed by atoms with van der Waals surface area (Å²) in [5, 5.41) is 16.9. The molecule has 0 saturated carbocycles. The van der Waals surface area contributed by atoms with Crippen LogP contribution < -0.4 is 5.73 Å². The van der Waals surface area contributed by atoms with Gasteiger partial charge in [0.25, 0.3) is 0 Å². The summed E-state index contributed by atoms with van der Waals surface area (Å²) in [6.07, 6.45) is 3.55. The second kappa shape index (κ2) is 11.9. The number of aliphatic hydroxyl groups excluding tert-OH is 2. The lowest BCUT2D eigenvalue weighted by Gasteiger charge is -2.16. The Balaban J connectivity index is 0.